The molecule has 0 radical (unpaired) electrons. The first-order valence-corrected chi connectivity index (χ1v) is 8.68. The van der Waals surface area contributed by atoms with Crippen molar-refractivity contribution in [2.24, 2.45) is 0 Å². The highest BCUT2D eigenvalue weighted by molar-refractivity contribution is 7.10. The molecule has 0 saturated heterocycles. The van der Waals surface area contributed by atoms with Crippen LogP contribution in [0.5, 0.6) is 0 Å². The molecular weight excluding hydrogens is 286 g/mol. The molecular formula is C20H26NS+. The fourth-order valence-corrected chi connectivity index (χ4v) is 3.53. The van der Waals surface area contributed by atoms with Gasteiger partial charge in [-0.2, -0.15) is 0 Å². The number of rotatable bonds is 7. The summed E-state index contributed by atoms with van der Waals surface area (Å²) < 4.78 is 0. The van der Waals surface area contributed by atoms with Crippen LogP contribution in [-0.4, -0.2) is 7.05 Å². The van der Waals surface area contributed by atoms with Crippen molar-refractivity contribution in [1.29, 1.82) is 0 Å². The normalized spacial score (nSPS) is 14.1. The van der Waals surface area contributed by atoms with Gasteiger partial charge >= 0.3 is 0 Å². The van der Waals surface area contributed by atoms with Crippen LogP contribution < -0.4 is 5.32 Å². The van der Waals surface area contributed by atoms with E-state index in [1.807, 2.05) is 6.08 Å². The van der Waals surface area contributed by atoms with Gasteiger partial charge in [0.25, 0.3) is 0 Å². The average Bonchev–Trinajstić information content (AvgIpc) is 3.01. The van der Waals surface area contributed by atoms with E-state index in [1.165, 1.54) is 21.7 Å². The van der Waals surface area contributed by atoms with Gasteiger partial charge in [0.15, 0.2) is 0 Å². The lowest BCUT2D eigenvalue weighted by molar-refractivity contribution is -0.540. The molecule has 1 atom stereocenters. The first-order valence-electron chi connectivity index (χ1n) is 7.80. The predicted molar refractivity (Wildman–Crippen MR) is 98.8 cm³/mol. The molecule has 1 unspecified atom stereocenters. The maximum Gasteiger partial charge on any atom is 0.133 e. The Morgan fingerprint density at radius 1 is 1.27 bits per heavy atom. The molecule has 1 heterocycles. The van der Waals surface area contributed by atoms with Crippen molar-refractivity contribution in [2.75, 3.05) is 7.05 Å². The summed E-state index contributed by atoms with van der Waals surface area (Å²) in [6.45, 7) is 8.48. The third-order valence-electron chi connectivity index (χ3n) is 4.16. The highest BCUT2D eigenvalue weighted by Crippen LogP contribution is 2.36. The summed E-state index contributed by atoms with van der Waals surface area (Å²) in [5, 5.41) is 4.33. The molecule has 0 aliphatic rings. The quantitative estimate of drug-likeness (QED) is 0.557. The van der Waals surface area contributed by atoms with Crippen molar-refractivity contribution in [2.45, 2.75) is 32.1 Å². The van der Waals surface area contributed by atoms with Crippen LogP contribution in [0.25, 0.3) is 6.08 Å². The summed E-state index contributed by atoms with van der Waals surface area (Å²) in [6.07, 6.45) is 8.57. The Morgan fingerprint density at radius 3 is 2.73 bits per heavy atom. The summed E-state index contributed by atoms with van der Waals surface area (Å²) >= 11 is 1.78. The maximum absolute atomic E-state index is 3.97. The third kappa shape index (κ3) is 3.96. The van der Waals surface area contributed by atoms with Crippen molar-refractivity contribution >= 4 is 23.1 Å². The lowest BCUT2D eigenvalue weighted by Crippen LogP contribution is -2.73. The van der Waals surface area contributed by atoms with Gasteiger partial charge in [-0.1, -0.05) is 36.8 Å². The van der Waals surface area contributed by atoms with E-state index in [1.54, 1.807) is 11.3 Å². The highest BCUT2D eigenvalue weighted by Gasteiger charge is 2.28. The molecule has 2 heteroatoms. The minimum atomic E-state index is 0.0867. The second-order valence-corrected chi connectivity index (χ2v) is 7.03. The molecule has 0 aliphatic carbocycles. The summed E-state index contributed by atoms with van der Waals surface area (Å²) in [5.74, 6) is 0. The molecule has 0 spiro atoms. The smallest absolute Gasteiger partial charge is 0.133 e. The van der Waals surface area contributed by atoms with Crippen LogP contribution in [0.2, 0.25) is 0 Å². The van der Waals surface area contributed by atoms with E-state index in [-0.39, 0.29) is 5.41 Å². The molecule has 1 aromatic carbocycles. The number of thiophene rings is 1. The van der Waals surface area contributed by atoms with E-state index in [2.05, 4.69) is 80.7 Å². The monoisotopic (exact) mass is 312 g/mol. The number of allylic oxidation sites excluding steroid dienone is 2. The Balaban J connectivity index is 2.31. The van der Waals surface area contributed by atoms with Crippen molar-refractivity contribution < 1.29 is 5.32 Å². The number of aryl methyl sites for hydroxylation is 1. The van der Waals surface area contributed by atoms with E-state index in [0.29, 0.717) is 0 Å². The number of hydrogen-bond acceptors (Lipinski definition) is 1. The van der Waals surface area contributed by atoms with Crippen molar-refractivity contribution in [3.8, 4) is 0 Å². The van der Waals surface area contributed by atoms with Gasteiger partial charge in [0.05, 0.1) is 7.05 Å². The Bertz CT molecular complexity index is 640. The van der Waals surface area contributed by atoms with Crippen molar-refractivity contribution in [3.05, 3.63) is 70.4 Å². The summed E-state index contributed by atoms with van der Waals surface area (Å²) in [4.78, 5) is 1.31. The van der Waals surface area contributed by atoms with Gasteiger partial charge in [0.2, 0.25) is 0 Å². The lowest BCUT2D eigenvalue weighted by Gasteiger charge is -2.29. The largest absolute Gasteiger partial charge is 0.316 e. The van der Waals surface area contributed by atoms with Gasteiger partial charge in [-0.15, -0.1) is 17.9 Å². The lowest BCUT2D eigenvalue weighted by atomic mass is 9.75. The zero-order valence-electron chi connectivity index (χ0n) is 13.8. The van der Waals surface area contributed by atoms with Crippen LogP contribution in [0.4, 0.5) is 5.69 Å². The highest BCUT2D eigenvalue weighted by atomic mass is 32.1. The topological polar surface area (TPSA) is 16.6 Å². The molecule has 2 N–H and O–H groups in total. The number of quaternary nitrogens is 1. The first-order chi connectivity index (χ1) is 10.6. The molecule has 0 saturated carbocycles. The molecule has 22 heavy (non-hydrogen) atoms. The second kappa shape index (κ2) is 7.57. The Labute approximate surface area is 138 Å². The molecule has 2 aromatic rings. The van der Waals surface area contributed by atoms with Crippen LogP contribution in [0.1, 0.15) is 35.8 Å². The zero-order chi connectivity index (χ0) is 16.0. The van der Waals surface area contributed by atoms with E-state index in [9.17, 15) is 0 Å². The predicted octanol–water partition coefficient (Wildman–Crippen LogP) is 4.82. The fourth-order valence-electron chi connectivity index (χ4n) is 2.89. The van der Waals surface area contributed by atoms with E-state index in [0.717, 1.165) is 12.8 Å². The standard InChI is InChI=1S/C20H25NS/c1-5-12-20(3,13-6-8-17-9-7-14-22-17)18-15-16(2)10-11-19(18)21-4/h5-11,14-15,21H,1,12-13H2,2-4H3/p+1/b8-6+. The second-order valence-electron chi connectivity index (χ2n) is 6.05. The molecule has 1 nitrogen and oxygen atoms in total. The maximum atomic E-state index is 3.97. The molecule has 0 fully saturated rings. The van der Waals surface area contributed by atoms with E-state index < -0.39 is 0 Å². The molecule has 0 amide bonds. The molecule has 0 aliphatic heterocycles. The van der Waals surface area contributed by atoms with Gasteiger partial charge in [-0.3, -0.25) is 0 Å². The van der Waals surface area contributed by atoms with Gasteiger partial charge in [0, 0.05) is 15.9 Å². The Hall–Kier alpha value is -1.64. The van der Waals surface area contributed by atoms with Gasteiger partial charge in [-0.05, 0) is 49.4 Å². The number of hydrogen-bond donors (Lipinski definition) is 1. The van der Waals surface area contributed by atoms with E-state index >= 15 is 0 Å². The number of nitrogens with two attached hydrogens (primary N) is 1. The molecule has 116 valence electrons. The van der Waals surface area contributed by atoms with Crippen LogP contribution in [0, 0.1) is 6.92 Å². The minimum Gasteiger partial charge on any atom is -0.316 e. The van der Waals surface area contributed by atoms with E-state index in [4.69, 9.17) is 0 Å². The Morgan fingerprint density at radius 2 is 2.09 bits per heavy atom. The Kier molecular flexibility index (Phi) is 5.76. The molecule has 1 aromatic heterocycles. The molecule has 2 rings (SSSR count). The van der Waals surface area contributed by atoms with Crippen LogP contribution in [0.15, 0.2) is 54.4 Å². The van der Waals surface area contributed by atoms with Gasteiger partial charge in [-0.25, -0.2) is 0 Å². The van der Waals surface area contributed by atoms with Gasteiger partial charge < -0.3 is 5.32 Å². The summed E-state index contributed by atoms with van der Waals surface area (Å²) in [5.41, 5.74) is 4.16. The SMILES string of the molecule is C=CCC(C)(C/C=C/c1cccs1)c1cc(C)ccc1[NH2+]C. The van der Waals surface area contributed by atoms with Crippen LogP contribution in [-0.2, 0) is 5.41 Å². The van der Waals surface area contributed by atoms with Gasteiger partial charge in [0.1, 0.15) is 5.69 Å². The molecule has 0 bridgehead atoms. The zero-order valence-corrected chi connectivity index (χ0v) is 14.6. The average molecular weight is 313 g/mol. The summed E-state index contributed by atoms with van der Waals surface area (Å²) in [7, 11) is 2.12. The third-order valence-corrected chi connectivity index (χ3v) is 5.00. The first kappa shape index (κ1) is 16.7. The van der Waals surface area contributed by atoms with Crippen molar-refractivity contribution in [3.63, 3.8) is 0 Å². The fraction of sp³-hybridized carbons (Fsp3) is 0.300. The van der Waals surface area contributed by atoms with Crippen molar-refractivity contribution in [1.82, 2.24) is 0 Å². The van der Waals surface area contributed by atoms with Crippen LogP contribution >= 0.6 is 11.3 Å². The summed E-state index contributed by atoms with van der Waals surface area (Å²) in [6, 6.07) is 11.0. The van der Waals surface area contributed by atoms with Crippen LogP contribution in [0.3, 0.4) is 0 Å². The minimum absolute atomic E-state index is 0.0867. The number of benzene rings is 1.